The molecular formula is C50H98O2. The van der Waals surface area contributed by atoms with E-state index in [1.807, 2.05) is 0 Å². The molecule has 0 aromatic rings. The lowest BCUT2D eigenvalue weighted by Gasteiger charge is -2.06. The Kier molecular flexibility index (Phi) is 47.5. The van der Waals surface area contributed by atoms with Gasteiger partial charge in [-0.05, 0) is 38.5 Å². The highest BCUT2D eigenvalue weighted by Crippen LogP contribution is 2.17. The Morgan fingerprint density at radius 2 is 0.538 bits per heavy atom. The van der Waals surface area contributed by atoms with E-state index >= 15 is 0 Å². The van der Waals surface area contributed by atoms with Gasteiger partial charge in [0.15, 0.2) is 0 Å². The smallest absolute Gasteiger partial charge is 0.305 e. The summed E-state index contributed by atoms with van der Waals surface area (Å²) in [6, 6.07) is 0. The highest BCUT2D eigenvalue weighted by atomic mass is 16.5. The second-order valence-electron chi connectivity index (χ2n) is 16.8. The number of esters is 1. The van der Waals surface area contributed by atoms with Gasteiger partial charge in [-0.2, -0.15) is 0 Å². The molecule has 310 valence electrons. The average Bonchev–Trinajstić information content (AvgIpc) is 3.15. The maximum Gasteiger partial charge on any atom is 0.305 e. The SMILES string of the molecule is CCCCCCC=CCCCCCCCCCC(=O)OCCCCCCCCCCCCCCCCCCCCCCCCCCCCCCCC. The minimum absolute atomic E-state index is 0.0249. The monoisotopic (exact) mass is 731 g/mol. The van der Waals surface area contributed by atoms with Crippen molar-refractivity contribution in [1.82, 2.24) is 0 Å². The van der Waals surface area contributed by atoms with Crippen molar-refractivity contribution >= 4 is 5.97 Å². The van der Waals surface area contributed by atoms with Gasteiger partial charge in [0.2, 0.25) is 0 Å². The van der Waals surface area contributed by atoms with Gasteiger partial charge in [0.25, 0.3) is 0 Å². The van der Waals surface area contributed by atoms with Gasteiger partial charge in [-0.15, -0.1) is 0 Å². The van der Waals surface area contributed by atoms with Crippen molar-refractivity contribution in [3.63, 3.8) is 0 Å². The Bertz CT molecular complexity index is 669. The average molecular weight is 731 g/mol. The molecule has 0 N–H and O–H groups in total. The van der Waals surface area contributed by atoms with E-state index in [4.69, 9.17) is 4.74 Å². The number of carbonyl (C=O) groups excluding carboxylic acids is 1. The first-order valence-electron chi connectivity index (χ1n) is 24.6. The Balaban J connectivity index is 3.14. The number of allylic oxidation sites excluding steroid dienone is 2. The van der Waals surface area contributed by atoms with Gasteiger partial charge >= 0.3 is 5.97 Å². The Hall–Kier alpha value is -0.790. The molecule has 52 heavy (non-hydrogen) atoms. The lowest BCUT2D eigenvalue weighted by Crippen LogP contribution is -2.05. The summed E-state index contributed by atoms with van der Waals surface area (Å²) in [7, 11) is 0. The zero-order valence-corrected chi connectivity index (χ0v) is 36.3. The highest BCUT2D eigenvalue weighted by molar-refractivity contribution is 5.69. The molecule has 2 nitrogen and oxygen atoms in total. The molecule has 0 unspecified atom stereocenters. The van der Waals surface area contributed by atoms with Crippen LogP contribution >= 0.6 is 0 Å². The van der Waals surface area contributed by atoms with Crippen LogP contribution in [0.4, 0.5) is 0 Å². The predicted molar refractivity (Wildman–Crippen MR) is 235 cm³/mol. The second-order valence-corrected chi connectivity index (χ2v) is 16.8. The number of carbonyl (C=O) groups is 1. The molecule has 0 radical (unpaired) electrons. The first kappa shape index (κ1) is 51.2. The van der Waals surface area contributed by atoms with Crippen LogP contribution in [0, 0.1) is 0 Å². The summed E-state index contributed by atoms with van der Waals surface area (Å²) in [5, 5.41) is 0. The van der Waals surface area contributed by atoms with E-state index in [0.29, 0.717) is 13.0 Å². The van der Waals surface area contributed by atoms with E-state index in [1.54, 1.807) is 0 Å². The van der Waals surface area contributed by atoms with Crippen molar-refractivity contribution in [2.45, 2.75) is 296 Å². The van der Waals surface area contributed by atoms with Crippen molar-refractivity contribution in [2.24, 2.45) is 0 Å². The van der Waals surface area contributed by atoms with Gasteiger partial charge in [0.1, 0.15) is 0 Å². The fourth-order valence-electron chi connectivity index (χ4n) is 7.72. The Morgan fingerprint density at radius 1 is 0.308 bits per heavy atom. The van der Waals surface area contributed by atoms with Crippen molar-refractivity contribution in [3.05, 3.63) is 12.2 Å². The normalized spacial score (nSPS) is 11.7. The number of unbranched alkanes of at least 4 members (excludes halogenated alkanes) is 40. The maximum atomic E-state index is 12.0. The van der Waals surface area contributed by atoms with E-state index in [-0.39, 0.29) is 5.97 Å². The molecule has 0 spiro atoms. The molecule has 0 saturated heterocycles. The van der Waals surface area contributed by atoms with E-state index in [2.05, 4.69) is 26.0 Å². The van der Waals surface area contributed by atoms with Crippen LogP contribution in [0.3, 0.4) is 0 Å². The predicted octanol–water partition coefficient (Wildman–Crippen LogP) is 18.3. The summed E-state index contributed by atoms with van der Waals surface area (Å²) < 4.78 is 5.48. The first-order valence-corrected chi connectivity index (χ1v) is 24.6. The molecule has 0 amide bonds. The van der Waals surface area contributed by atoms with Crippen molar-refractivity contribution in [1.29, 1.82) is 0 Å². The lowest BCUT2D eigenvalue weighted by atomic mass is 10.0. The van der Waals surface area contributed by atoms with Crippen LogP contribution in [-0.2, 0) is 9.53 Å². The van der Waals surface area contributed by atoms with Gasteiger partial charge in [0, 0.05) is 6.42 Å². The highest BCUT2D eigenvalue weighted by Gasteiger charge is 2.03. The lowest BCUT2D eigenvalue weighted by molar-refractivity contribution is -0.143. The third kappa shape index (κ3) is 47.2. The van der Waals surface area contributed by atoms with E-state index in [9.17, 15) is 4.79 Å². The van der Waals surface area contributed by atoms with Crippen LogP contribution in [0.1, 0.15) is 296 Å². The number of hydrogen-bond donors (Lipinski definition) is 0. The summed E-state index contributed by atoms with van der Waals surface area (Å²) in [4.78, 5) is 12.0. The van der Waals surface area contributed by atoms with Crippen molar-refractivity contribution in [2.75, 3.05) is 6.61 Å². The van der Waals surface area contributed by atoms with Gasteiger partial charge in [0.05, 0.1) is 6.61 Å². The molecule has 0 aliphatic heterocycles. The quantitative estimate of drug-likeness (QED) is 0.0354. The summed E-state index contributed by atoms with van der Waals surface area (Å²) in [5.41, 5.74) is 0. The van der Waals surface area contributed by atoms with Crippen molar-refractivity contribution in [3.8, 4) is 0 Å². The second kappa shape index (κ2) is 48.2. The summed E-state index contributed by atoms with van der Waals surface area (Å²) in [5.74, 6) is 0.0249. The van der Waals surface area contributed by atoms with Gasteiger partial charge in [-0.3, -0.25) is 4.79 Å². The standard InChI is InChI=1S/C50H98O2/c1-3-5-7-9-11-13-15-17-19-20-21-22-23-24-25-26-27-28-29-30-31-32-33-35-37-39-41-43-45-47-49-52-50(51)48-46-44-42-40-38-36-34-18-16-14-12-10-8-6-4-2/h14,16H,3-13,15,17-49H2,1-2H3. The van der Waals surface area contributed by atoms with Crippen LogP contribution in [0.25, 0.3) is 0 Å². The Labute approximate surface area is 329 Å². The molecule has 0 atom stereocenters. The molecule has 2 heteroatoms. The zero-order valence-electron chi connectivity index (χ0n) is 36.3. The molecule has 0 aromatic heterocycles. The van der Waals surface area contributed by atoms with Crippen LogP contribution < -0.4 is 0 Å². The summed E-state index contributed by atoms with van der Waals surface area (Å²) >= 11 is 0. The molecule has 0 bridgehead atoms. The fraction of sp³-hybridized carbons (Fsp3) is 0.940. The first-order chi connectivity index (χ1) is 25.8. The minimum atomic E-state index is 0.0249. The van der Waals surface area contributed by atoms with Gasteiger partial charge in [-0.1, -0.05) is 264 Å². The molecule has 0 aliphatic rings. The summed E-state index contributed by atoms with van der Waals surface area (Å²) in [6.45, 7) is 5.21. The molecule has 0 aliphatic carbocycles. The fourth-order valence-corrected chi connectivity index (χ4v) is 7.72. The van der Waals surface area contributed by atoms with Crippen LogP contribution in [0.2, 0.25) is 0 Å². The van der Waals surface area contributed by atoms with Crippen LogP contribution in [0.5, 0.6) is 0 Å². The number of ether oxygens (including phenoxy) is 1. The van der Waals surface area contributed by atoms with E-state index < -0.39 is 0 Å². The third-order valence-corrected chi connectivity index (χ3v) is 11.4. The zero-order chi connectivity index (χ0) is 37.5. The maximum absolute atomic E-state index is 12.0. The van der Waals surface area contributed by atoms with Crippen molar-refractivity contribution < 1.29 is 9.53 Å². The summed E-state index contributed by atoms with van der Waals surface area (Å²) in [6.07, 6.45) is 64.9. The number of hydrogen-bond acceptors (Lipinski definition) is 2. The van der Waals surface area contributed by atoms with Crippen LogP contribution in [0.15, 0.2) is 12.2 Å². The van der Waals surface area contributed by atoms with E-state index in [0.717, 1.165) is 12.8 Å². The molecule has 0 heterocycles. The largest absolute Gasteiger partial charge is 0.466 e. The molecule has 0 rings (SSSR count). The minimum Gasteiger partial charge on any atom is -0.466 e. The van der Waals surface area contributed by atoms with E-state index in [1.165, 1.54) is 263 Å². The molecular weight excluding hydrogens is 633 g/mol. The molecule has 0 saturated carbocycles. The molecule has 0 aromatic carbocycles. The molecule has 0 fully saturated rings. The van der Waals surface area contributed by atoms with Gasteiger partial charge < -0.3 is 4.74 Å². The van der Waals surface area contributed by atoms with Crippen LogP contribution in [-0.4, -0.2) is 12.6 Å². The number of rotatable bonds is 46. The third-order valence-electron chi connectivity index (χ3n) is 11.4. The van der Waals surface area contributed by atoms with Gasteiger partial charge in [-0.25, -0.2) is 0 Å². The Morgan fingerprint density at radius 3 is 0.846 bits per heavy atom. The topological polar surface area (TPSA) is 26.3 Å².